The van der Waals surface area contributed by atoms with Crippen LogP contribution in [0.4, 0.5) is 0 Å². The molecule has 0 atom stereocenters. The van der Waals surface area contributed by atoms with E-state index in [0.717, 1.165) is 5.16 Å². The Balaban J connectivity index is 2.74. The van der Waals surface area contributed by atoms with Gasteiger partial charge in [-0.15, -0.1) is 0 Å². The van der Waals surface area contributed by atoms with E-state index in [2.05, 4.69) is 4.98 Å². The van der Waals surface area contributed by atoms with Crippen LogP contribution in [0.1, 0.15) is 0 Å². The molecule has 5 heteroatoms. The molecule has 0 saturated heterocycles. The van der Waals surface area contributed by atoms with Gasteiger partial charge in [-0.3, -0.25) is 0 Å². The van der Waals surface area contributed by atoms with Gasteiger partial charge in [0.25, 0.3) is 0 Å². The first kappa shape index (κ1) is 9.96. The van der Waals surface area contributed by atoms with Crippen molar-refractivity contribution in [3.05, 3.63) is 23.0 Å². The fourth-order valence-electron chi connectivity index (χ4n) is 0.803. The molecule has 0 aliphatic rings. The van der Waals surface area contributed by atoms with E-state index < -0.39 is 0 Å². The van der Waals surface area contributed by atoms with E-state index in [4.69, 9.17) is 23.2 Å². The normalized spacial score (nSPS) is 12.1. The number of thioether (sulfide) groups is 1. The smallest absolute Gasteiger partial charge is 0.167 e. The lowest BCUT2D eigenvalue weighted by atomic mass is 10.6. The van der Waals surface area contributed by atoms with Crippen LogP contribution in [0.2, 0.25) is 0 Å². The molecule has 1 rings (SSSR count). The van der Waals surface area contributed by atoms with Crippen molar-refractivity contribution >= 4 is 35.0 Å². The molecule has 0 N–H and O–H groups in total. The Bertz CT molecular complexity index is 283. The van der Waals surface area contributed by atoms with Gasteiger partial charge >= 0.3 is 0 Å². The molecule has 0 spiro atoms. The number of imidazole rings is 1. The number of hydrogen-bond acceptors (Lipinski definition) is 2. The third-order valence-corrected chi connectivity index (χ3v) is 2.61. The predicted octanol–water partition coefficient (Wildman–Crippen LogP) is 2.92. The second-order valence-electron chi connectivity index (χ2n) is 2.10. The molecule has 0 aliphatic carbocycles. The Kier molecular flexibility index (Phi) is 3.98. The first-order valence-electron chi connectivity index (χ1n) is 3.27. The first-order valence-corrected chi connectivity index (χ1v) is 5.31. The van der Waals surface area contributed by atoms with Crippen molar-refractivity contribution in [1.29, 1.82) is 0 Å². The van der Waals surface area contributed by atoms with Crippen LogP contribution in [0.5, 0.6) is 0 Å². The van der Waals surface area contributed by atoms with Gasteiger partial charge < -0.3 is 4.57 Å². The van der Waals surface area contributed by atoms with Gasteiger partial charge in [0.2, 0.25) is 0 Å². The predicted molar refractivity (Wildman–Crippen MR) is 53.8 cm³/mol. The molecule has 0 unspecified atom stereocenters. The van der Waals surface area contributed by atoms with Crippen LogP contribution >= 0.6 is 35.0 Å². The second kappa shape index (κ2) is 4.80. The van der Waals surface area contributed by atoms with Crippen molar-refractivity contribution in [2.75, 3.05) is 6.26 Å². The van der Waals surface area contributed by atoms with Crippen LogP contribution in [-0.2, 0) is 6.54 Å². The highest BCUT2D eigenvalue weighted by Crippen LogP contribution is 2.15. The molecule has 0 amide bonds. The van der Waals surface area contributed by atoms with Gasteiger partial charge in [0.15, 0.2) is 5.16 Å². The van der Waals surface area contributed by atoms with Gasteiger partial charge in [-0.1, -0.05) is 35.0 Å². The fraction of sp³-hybridized carbons (Fsp3) is 0.286. The Hall–Kier alpha value is -0.120. The third kappa shape index (κ3) is 2.44. The molecular formula is C7H8Cl2N2S. The molecule has 0 bridgehead atoms. The summed E-state index contributed by atoms with van der Waals surface area (Å²) in [6.07, 6.45) is 5.58. The van der Waals surface area contributed by atoms with E-state index >= 15 is 0 Å². The van der Waals surface area contributed by atoms with Gasteiger partial charge in [0.05, 0.1) is 6.54 Å². The van der Waals surface area contributed by atoms with Crippen LogP contribution in [0.15, 0.2) is 28.1 Å². The first-order chi connectivity index (χ1) is 5.77. The zero-order valence-corrected chi connectivity index (χ0v) is 8.83. The fourth-order valence-corrected chi connectivity index (χ4v) is 1.53. The largest absolute Gasteiger partial charge is 0.321 e. The highest BCUT2D eigenvalue weighted by atomic mass is 35.5. The number of allylic oxidation sites excluding steroid dienone is 1. The monoisotopic (exact) mass is 222 g/mol. The van der Waals surface area contributed by atoms with Gasteiger partial charge in [-0.05, 0) is 6.26 Å². The van der Waals surface area contributed by atoms with E-state index in [-0.39, 0.29) is 0 Å². The van der Waals surface area contributed by atoms with Gasteiger partial charge in [0, 0.05) is 23.0 Å². The maximum atomic E-state index is 5.76. The third-order valence-electron chi connectivity index (χ3n) is 1.30. The van der Waals surface area contributed by atoms with E-state index in [1.807, 2.05) is 17.0 Å². The molecule has 1 aromatic rings. The Morgan fingerprint density at radius 1 is 1.83 bits per heavy atom. The van der Waals surface area contributed by atoms with Crippen molar-refractivity contribution in [2.24, 2.45) is 0 Å². The van der Waals surface area contributed by atoms with Crippen LogP contribution in [0.25, 0.3) is 0 Å². The lowest BCUT2D eigenvalue weighted by Crippen LogP contribution is -1.97. The Labute approximate surface area is 85.6 Å². The summed E-state index contributed by atoms with van der Waals surface area (Å²) in [6.45, 7) is 0.585. The molecule has 12 heavy (non-hydrogen) atoms. The minimum atomic E-state index is 0.585. The molecule has 0 saturated carbocycles. The number of nitrogens with zero attached hydrogens (tertiary/aromatic N) is 2. The molecule has 2 nitrogen and oxygen atoms in total. The molecule has 66 valence electrons. The molecule has 0 aromatic carbocycles. The molecule has 0 fully saturated rings. The van der Waals surface area contributed by atoms with E-state index in [1.54, 1.807) is 18.0 Å². The van der Waals surface area contributed by atoms with Crippen LogP contribution in [0, 0.1) is 0 Å². The minimum absolute atomic E-state index is 0.585. The maximum absolute atomic E-state index is 5.76. The minimum Gasteiger partial charge on any atom is -0.321 e. The summed E-state index contributed by atoms with van der Waals surface area (Å²) in [5.41, 5.74) is 1.37. The number of hydrogen-bond donors (Lipinski definition) is 0. The van der Waals surface area contributed by atoms with E-state index in [1.165, 1.54) is 5.54 Å². The van der Waals surface area contributed by atoms with Crippen molar-refractivity contribution in [2.45, 2.75) is 11.7 Å². The summed E-state index contributed by atoms with van der Waals surface area (Å²) >= 11 is 12.8. The zero-order chi connectivity index (χ0) is 8.97. The molecule has 1 heterocycles. The molecular weight excluding hydrogens is 215 g/mol. The lowest BCUT2D eigenvalue weighted by Gasteiger charge is -2.02. The Morgan fingerprint density at radius 2 is 2.58 bits per heavy atom. The van der Waals surface area contributed by atoms with Crippen LogP contribution < -0.4 is 0 Å². The summed E-state index contributed by atoms with van der Waals surface area (Å²) in [5.74, 6) is 0. The number of rotatable bonds is 3. The summed E-state index contributed by atoms with van der Waals surface area (Å²) in [4.78, 5) is 4.12. The van der Waals surface area contributed by atoms with Crippen molar-refractivity contribution < 1.29 is 0 Å². The topological polar surface area (TPSA) is 17.8 Å². The van der Waals surface area contributed by atoms with Crippen molar-refractivity contribution in [3.63, 3.8) is 0 Å². The average Bonchev–Trinajstić information content (AvgIpc) is 2.51. The van der Waals surface area contributed by atoms with Gasteiger partial charge in [-0.25, -0.2) is 4.98 Å². The summed E-state index contributed by atoms with van der Waals surface area (Å²) in [6, 6.07) is 0. The van der Waals surface area contributed by atoms with Crippen LogP contribution in [-0.4, -0.2) is 15.8 Å². The quantitative estimate of drug-likeness (QED) is 0.733. The number of halogens is 2. The summed E-state index contributed by atoms with van der Waals surface area (Å²) in [5, 5.41) is 1.54. The molecule has 0 aliphatic heterocycles. The molecule has 1 aromatic heterocycles. The van der Waals surface area contributed by atoms with E-state index in [0.29, 0.717) is 11.6 Å². The summed E-state index contributed by atoms with van der Waals surface area (Å²) < 4.78 is 1.94. The van der Waals surface area contributed by atoms with Crippen LogP contribution in [0.3, 0.4) is 0 Å². The second-order valence-corrected chi connectivity index (χ2v) is 3.57. The summed E-state index contributed by atoms with van der Waals surface area (Å²) in [7, 11) is 0. The Morgan fingerprint density at radius 3 is 3.17 bits per heavy atom. The standard InChI is InChI=1S/C7H8Cl2N2S/c1-12-7-10-2-3-11(7)5-6(9)4-8/h2-4H,5H2,1H3/b6-4-. The number of aromatic nitrogens is 2. The van der Waals surface area contributed by atoms with Crippen molar-refractivity contribution in [1.82, 2.24) is 9.55 Å². The molecule has 0 radical (unpaired) electrons. The van der Waals surface area contributed by atoms with E-state index in [9.17, 15) is 0 Å². The van der Waals surface area contributed by atoms with Crippen molar-refractivity contribution in [3.8, 4) is 0 Å². The highest BCUT2D eigenvalue weighted by Gasteiger charge is 2.01. The highest BCUT2D eigenvalue weighted by molar-refractivity contribution is 7.98. The lowest BCUT2D eigenvalue weighted by molar-refractivity contribution is 0.718. The maximum Gasteiger partial charge on any atom is 0.167 e. The van der Waals surface area contributed by atoms with Gasteiger partial charge in [-0.2, -0.15) is 0 Å². The SMILES string of the molecule is CSc1nccn1C/C(Cl)=C/Cl. The van der Waals surface area contributed by atoms with Gasteiger partial charge in [0.1, 0.15) is 0 Å². The zero-order valence-electron chi connectivity index (χ0n) is 6.50. The average molecular weight is 223 g/mol.